The van der Waals surface area contributed by atoms with Gasteiger partial charge in [0.25, 0.3) is 0 Å². The lowest BCUT2D eigenvalue weighted by Crippen LogP contribution is -2.33. The van der Waals surface area contributed by atoms with Crippen LogP contribution in [0, 0.1) is 12.7 Å². The molecule has 2 aliphatic heterocycles. The molecule has 1 aromatic heterocycles. The van der Waals surface area contributed by atoms with Crippen molar-refractivity contribution in [1.82, 2.24) is 10.3 Å². The molecular weight excluding hydrogens is 399 g/mol. The molecule has 0 saturated carbocycles. The lowest BCUT2D eigenvalue weighted by molar-refractivity contribution is -0.119. The highest BCUT2D eigenvalue weighted by Crippen LogP contribution is 2.34. The quantitative estimate of drug-likeness (QED) is 0.795. The van der Waals surface area contributed by atoms with Gasteiger partial charge in [-0.05, 0) is 44.2 Å². The highest BCUT2D eigenvalue weighted by molar-refractivity contribution is 5.99. The second-order valence-electron chi connectivity index (χ2n) is 7.89. The van der Waals surface area contributed by atoms with Crippen LogP contribution in [-0.2, 0) is 14.4 Å². The molecular formula is C23H25FN4O3. The summed E-state index contributed by atoms with van der Waals surface area (Å²) in [5.74, 6) is -0.0465. The number of halogens is 1. The summed E-state index contributed by atoms with van der Waals surface area (Å²) in [5, 5.41) is 6.78. The van der Waals surface area contributed by atoms with Crippen LogP contribution in [0.3, 0.4) is 0 Å². The third kappa shape index (κ3) is 4.38. The van der Waals surface area contributed by atoms with Crippen LogP contribution in [0.2, 0.25) is 0 Å². The molecule has 1 saturated heterocycles. The first-order valence-corrected chi connectivity index (χ1v) is 10.2. The molecule has 0 aliphatic carbocycles. The molecule has 3 heterocycles. The fourth-order valence-corrected chi connectivity index (χ4v) is 3.75. The van der Waals surface area contributed by atoms with Crippen molar-refractivity contribution in [3.05, 3.63) is 60.0 Å². The van der Waals surface area contributed by atoms with Crippen molar-refractivity contribution in [3.63, 3.8) is 0 Å². The summed E-state index contributed by atoms with van der Waals surface area (Å²) in [6.07, 6.45) is 2.17. The summed E-state index contributed by atoms with van der Waals surface area (Å²) in [7, 11) is 0. The van der Waals surface area contributed by atoms with Crippen LogP contribution in [0.1, 0.15) is 31.5 Å². The summed E-state index contributed by atoms with van der Waals surface area (Å²) in [6, 6.07) is 6.96. The Morgan fingerprint density at radius 3 is 2.84 bits per heavy atom. The van der Waals surface area contributed by atoms with E-state index in [0.717, 1.165) is 17.0 Å². The molecule has 2 unspecified atom stereocenters. The van der Waals surface area contributed by atoms with Gasteiger partial charge in [0, 0.05) is 36.4 Å². The Morgan fingerprint density at radius 1 is 1.39 bits per heavy atom. The number of hydrogen-bond donors (Lipinski definition) is 1. The van der Waals surface area contributed by atoms with Crippen molar-refractivity contribution < 1.29 is 18.8 Å². The number of ether oxygens (including phenoxy) is 1. The summed E-state index contributed by atoms with van der Waals surface area (Å²) in [6.45, 7) is 10.1. The minimum atomic E-state index is -0.358. The number of oxime groups is 1. The first-order chi connectivity index (χ1) is 14.8. The van der Waals surface area contributed by atoms with E-state index in [9.17, 15) is 4.79 Å². The highest BCUT2D eigenvalue weighted by Gasteiger charge is 2.29. The molecule has 162 valence electrons. The van der Waals surface area contributed by atoms with Crippen molar-refractivity contribution in [2.24, 2.45) is 5.16 Å². The molecule has 31 heavy (non-hydrogen) atoms. The molecule has 4 rings (SSSR count). The first-order valence-electron chi connectivity index (χ1n) is 10.2. The zero-order valence-corrected chi connectivity index (χ0v) is 17.8. The van der Waals surface area contributed by atoms with Gasteiger partial charge >= 0.3 is 0 Å². The zero-order chi connectivity index (χ0) is 22.1. The van der Waals surface area contributed by atoms with Gasteiger partial charge < -0.3 is 19.8 Å². The van der Waals surface area contributed by atoms with E-state index in [-0.39, 0.29) is 23.9 Å². The van der Waals surface area contributed by atoms with Gasteiger partial charge in [0.15, 0.2) is 5.88 Å². The minimum absolute atomic E-state index is 0.0475. The largest absolute Gasteiger partial charge is 0.472 e. The topological polar surface area (TPSA) is 76.0 Å². The number of benzene rings is 1. The Morgan fingerprint density at radius 2 is 2.19 bits per heavy atom. The molecule has 0 bridgehead atoms. The fourth-order valence-electron chi connectivity index (χ4n) is 3.75. The SMILES string of the molecule is C=C1OC(CNC(C)=O)CN1c1cc(F)c(-c2ccc(C3=NOC(C)C3)nc2)cc1C. The van der Waals surface area contributed by atoms with E-state index >= 15 is 4.39 Å². The maximum atomic E-state index is 15.1. The third-order valence-electron chi connectivity index (χ3n) is 5.34. The van der Waals surface area contributed by atoms with E-state index in [4.69, 9.17) is 9.57 Å². The molecule has 1 aromatic carbocycles. The summed E-state index contributed by atoms with van der Waals surface area (Å²) >= 11 is 0. The van der Waals surface area contributed by atoms with E-state index in [0.29, 0.717) is 42.2 Å². The average Bonchev–Trinajstić information content (AvgIpc) is 3.33. The minimum Gasteiger partial charge on any atom is -0.472 e. The van der Waals surface area contributed by atoms with Crippen LogP contribution < -0.4 is 10.2 Å². The lowest BCUT2D eigenvalue weighted by atomic mass is 10.0. The standard InChI is InChI=1S/C23H25FN4O3/c1-13-7-19(17-5-6-21(26-10-17)22-8-14(2)31-27-22)20(24)9-23(13)28-12-18(30-16(28)4)11-25-15(3)29/h5-7,9-10,14,18H,4,8,11-12H2,1-3H3,(H,25,29). The van der Waals surface area contributed by atoms with Gasteiger partial charge in [0.2, 0.25) is 5.91 Å². The monoisotopic (exact) mass is 424 g/mol. The summed E-state index contributed by atoms with van der Waals surface area (Å²) in [4.78, 5) is 22.6. The number of nitrogens with zero attached hydrogens (tertiary/aromatic N) is 3. The number of carbonyl (C=O) groups is 1. The Hall–Kier alpha value is -3.42. The molecule has 7 nitrogen and oxygen atoms in total. The number of anilines is 1. The van der Waals surface area contributed by atoms with Gasteiger partial charge in [-0.15, -0.1) is 0 Å². The number of hydrogen-bond acceptors (Lipinski definition) is 6. The molecule has 0 radical (unpaired) electrons. The molecule has 1 amide bonds. The maximum Gasteiger partial charge on any atom is 0.217 e. The number of nitrogens with one attached hydrogen (secondary N) is 1. The normalized spacial score (nSPS) is 20.3. The van der Waals surface area contributed by atoms with E-state index in [1.165, 1.54) is 13.0 Å². The van der Waals surface area contributed by atoms with Gasteiger partial charge in [-0.2, -0.15) is 0 Å². The number of pyridine rings is 1. The molecule has 1 N–H and O–H groups in total. The first kappa shape index (κ1) is 20.8. The van der Waals surface area contributed by atoms with Gasteiger partial charge in [-0.25, -0.2) is 4.39 Å². The smallest absolute Gasteiger partial charge is 0.217 e. The van der Waals surface area contributed by atoms with E-state index in [1.807, 2.05) is 30.9 Å². The predicted molar refractivity (Wildman–Crippen MR) is 116 cm³/mol. The lowest BCUT2D eigenvalue weighted by Gasteiger charge is -2.20. The zero-order valence-electron chi connectivity index (χ0n) is 17.8. The van der Waals surface area contributed by atoms with Crippen molar-refractivity contribution in [1.29, 1.82) is 0 Å². The highest BCUT2D eigenvalue weighted by atomic mass is 19.1. The second-order valence-corrected chi connectivity index (χ2v) is 7.89. The van der Waals surface area contributed by atoms with Crippen molar-refractivity contribution in [2.45, 2.75) is 39.4 Å². The van der Waals surface area contributed by atoms with Crippen LogP contribution in [0.25, 0.3) is 11.1 Å². The average molecular weight is 424 g/mol. The molecule has 0 spiro atoms. The fraction of sp³-hybridized carbons (Fsp3) is 0.348. The van der Waals surface area contributed by atoms with Crippen LogP contribution >= 0.6 is 0 Å². The van der Waals surface area contributed by atoms with Crippen LogP contribution in [0.4, 0.5) is 10.1 Å². The number of carbonyl (C=O) groups excluding carboxylic acids is 1. The molecule has 2 aliphatic rings. The Labute approximate surface area is 180 Å². The number of aryl methyl sites for hydroxylation is 1. The molecule has 2 aromatic rings. The summed E-state index contributed by atoms with van der Waals surface area (Å²) in [5.41, 5.74) is 4.26. The van der Waals surface area contributed by atoms with Crippen molar-refractivity contribution >= 4 is 17.3 Å². The Balaban J connectivity index is 1.54. The molecule has 1 fully saturated rings. The predicted octanol–water partition coefficient (Wildman–Crippen LogP) is 3.52. The second kappa shape index (κ2) is 8.37. The number of amides is 1. The van der Waals surface area contributed by atoms with Crippen molar-refractivity contribution in [3.8, 4) is 11.1 Å². The Bertz CT molecular complexity index is 1050. The third-order valence-corrected chi connectivity index (χ3v) is 5.34. The van der Waals surface area contributed by atoms with Gasteiger partial charge in [0.1, 0.15) is 23.7 Å². The van der Waals surface area contributed by atoms with E-state index in [2.05, 4.69) is 22.0 Å². The van der Waals surface area contributed by atoms with Gasteiger partial charge in [0.05, 0.1) is 18.8 Å². The molecule has 8 heteroatoms. The van der Waals surface area contributed by atoms with Crippen molar-refractivity contribution in [2.75, 3.05) is 18.0 Å². The van der Waals surface area contributed by atoms with E-state index in [1.54, 1.807) is 12.3 Å². The number of rotatable bonds is 5. The van der Waals surface area contributed by atoms with Crippen LogP contribution in [0.15, 0.2) is 48.1 Å². The summed E-state index contributed by atoms with van der Waals surface area (Å²) < 4.78 is 20.8. The van der Waals surface area contributed by atoms with Gasteiger partial charge in [-0.1, -0.05) is 11.2 Å². The van der Waals surface area contributed by atoms with Crippen LogP contribution in [-0.4, -0.2) is 41.9 Å². The van der Waals surface area contributed by atoms with Gasteiger partial charge in [-0.3, -0.25) is 9.78 Å². The molecule has 2 atom stereocenters. The van der Waals surface area contributed by atoms with E-state index < -0.39 is 0 Å². The van der Waals surface area contributed by atoms with Crippen LogP contribution in [0.5, 0.6) is 0 Å². The Kier molecular flexibility index (Phi) is 5.63. The number of aromatic nitrogens is 1. The maximum absolute atomic E-state index is 15.1.